The molecular weight excluding hydrogens is 863 g/mol. The van der Waals surface area contributed by atoms with Crippen LogP contribution in [-0.2, 0) is 35.4 Å². The van der Waals surface area contributed by atoms with Crippen molar-refractivity contribution in [2.45, 2.75) is 50.3 Å². The van der Waals surface area contributed by atoms with Crippen LogP contribution in [0.25, 0.3) is 10.9 Å². The van der Waals surface area contributed by atoms with E-state index in [4.69, 9.17) is 27.3 Å². The normalized spacial score (nSPS) is 18.9. The van der Waals surface area contributed by atoms with E-state index < -0.39 is 87.2 Å². The maximum Gasteiger partial charge on any atom is 1.00 e. The number of carbonyl (C=O) groups is 6. The quantitative estimate of drug-likeness (QED) is 0.0182. The van der Waals surface area contributed by atoms with Crippen LogP contribution in [0.1, 0.15) is 43.7 Å². The van der Waals surface area contributed by atoms with Crippen molar-refractivity contribution in [2.75, 3.05) is 44.2 Å². The molecule has 3 aliphatic heterocycles. The summed E-state index contributed by atoms with van der Waals surface area (Å²) in [6, 6.07) is -0.0769. The summed E-state index contributed by atoms with van der Waals surface area (Å²) in [6.45, 7) is 3.91. The number of hydrogen-bond donors (Lipinski definition) is 7. The van der Waals surface area contributed by atoms with Gasteiger partial charge in [-0.3, -0.25) is 28.9 Å². The smallest absolute Gasteiger partial charge is 1.00 e. The molecule has 25 heteroatoms. The zero-order valence-corrected chi connectivity index (χ0v) is 36.4. The first-order valence-corrected chi connectivity index (χ1v) is 20.3. The number of benzene rings is 1. The average Bonchev–Trinajstić information content (AvgIpc) is 3.83. The number of carbonyl (C=O) groups excluding carboxylic acids is 4. The SMILES string of the molecule is CCn1cc(C(=O)NCC[N+]2(CC3=C(C(=O)[O-])N4C(=O)[C@@H](NC(=O)/C(=N\O[C@@H](CC(=O)O)C(=O)O)c5csc(N)n5)[C@H]4SC3)CCCC2)c(=O)c2c(Cl)c(O)c(O)cc21.[H-].[Na+]. The first-order chi connectivity index (χ1) is 28.0. The second-order valence-electron chi connectivity index (χ2n) is 13.9. The number of nitrogens with one attached hydrogen (secondary N) is 2. The first kappa shape index (κ1) is 46.2. The number of aromatic hydroxyl groups is 2. The minimum atomic E-state index is -1.97. The molecule has 6 rings (SSSR count). The monoisotopic (exact) mass is 900 g/mol. The molecule has 21 nitrogen and oxygen atoms in total. The Labute approximate surface area is 376 Å². The van der Waals surface area contributed by atoms with Gasteiger partial charge in [0.05, 0.1) is 60.2 Å². The number of aryl methyl sites for hydroxylation is 1. The molecule has 0 saturated carbocycles. The maximum absolute atomic E-state index is 13.6. The minimum absolute atomic E-state index is 0. The van der Waals surface area contributed by atoms with E-state index in [1.807, 2.05) is 0 Å². The Morgan fingerprint density at radius 1 is 1.20 bits per heavy atom. The summed E-state index contributed by atoms with van der Waals surface area (Å²) in [4.78, 5) is 99.0. The number of nitrogens with two attached hydrogens (primary N) is 1. The molecule has 3 amide bonds. The van der Waals surface area contributed by atoms with Gasteiger partial charge in [-0.05, 0) is 6.92 Å². The molecule has 0 spiro atoms. The number of fused-ring (bicyclic) bond motifs is 2. The number of thiazole rings is 1. The van der Waals surface area contributed by atoms with Gasteiger partial charge in [0, 0.05) is 48.4 Å². The molecular formula is C35H38ClN8NaO13S2. The van der Waals surface area contributed by atoms with Crippen LogP contribution < -0.4 is 56.5 Å². The number of oxime groups is 1. The minimum Gasteiger partial charge on any atom is -1.00 e. The van der Waals surface area contributed by atoms with Crippen molar-refractivity contribution in [1.82, 2.24) is 25.1 Å². The Bertz CT molecular complexity index is 2410. The van der Waals surface area contributed by atoms with Crippen LogP contribution in [-0.4, -0.2) is 137 Å². The fourth-order valence-corrected chi connectivity index (χ4v) is 9.48. The third-order valence-electron chi connectivity index (χ3n) is 10.2. The molecule has 0 aliphatic carbocycles. The Hall–Kier alpha value is -4.91. The first-order valence-electron chi connectivity index (χ1n) is 18.0. The molecule has 8 N–H and O–H groups in total. The molecule has 2 aromatic heterocycles. The second kappa shape index (κ2) is 18.8. The summed E-state index contributed by atoms with van der Waals surface area (Å²) < 4.78 is 1.89. The largest absolute Gasteiger partial charge is 1.00 e. The molecule has 3 aromatic rings. The Morgan fingerprint density at radius 3 is 2.50 bits per heavy atom. The van der Waals surface area contributed by atoms with Gasteiger partial charge in [-0.25, -0.2) is 9.78 Å². The zero-order valence-electron chi connectivity index (χ0n) is 33.0. The van der Waals surface area contributed by atoms with Crippen molar-refractivity contribution in [2.24, 2.45) is 5.16 Å². The van der Waals surface area contributed by atoms with Gasteiger partial charge in [0.15, 0.2) is 22.3 Å². The van der Waals surface area contributed by atoms with Crippen molar-refractivity contribution in [1.29, 1.82) is 0 Å². The number of pyridine rings is 1. The van der Waals surface area contributed by atoms with Gasteiger partial charge in [-0.2, -0.15) is 0 Å². The van der Waals surface area contributed by atoms with Gasteiger partial charge < -0.3 is 62.0 Å². The van der Waals surface area contributed by atoms with Crippen molar-refractivity contribution in [3.8, 4) is 11.5 Å². The topological polar surface area (TPSA) is 316 Å². The number of aliphatic carboxylic acids is 3. The third kappa shape index (κ3) is 9.21. The van der Waals surface area contributed by atoms with E-state index in [1.54, 1.807) is 11.5 Å². The van der Waals surface area contributed by atoms with E-state index in [1.165, 1.54) is 29.4 Å². The van der Waals surface area contributed by atoms with Crippen LogP contribution in [0.2, 0.25) is 5.02 Å². The number of nitrogen functional groups attached to an aromatic ring is 1. The van der Waals surface area contributed by atoms with E-state index in [2.05, 4.69) is 20.8 Å². The van der Waals surface area contributed by atoms with Crippen LogP contribution >= 0.6 is 34.7 Å². The summed E-state index contributed by atoms with van der Waals surface area (Å²) in [6.07, 6.45) is -0.00987. The fraction of sp³-hybridized carbons (Fsp3) is 0.400. The Balaban J connectivity index is 0.00000410. The third-order valence-corrected chi connectivity index (χ3v) is 12.6. The van der Waals surface area contributed by atoms with Crippen LogP contribution in [0.4, 0.5) is 5.13 Å². The van der Waals surface area contributed by atoms with Crippen LogP contribution in [0.3, 0.4) is 0 Å². The molecule has 0 bridgehead atoms. The van der Waals surface area contributed by atoms with E-state index in [0.717, 1.165) is 29.1 Å². The Kier molecular flexibility index (Phi) is 14.5. The predicted molar refractivity (Wildman–Crippen MR) is 210 cm³/mol. The predicted octanol–water partition coefficient (Wildman–Crippen LogP) is -3.67. The van der Waals surface area contributed by atoms with Crippen molar-refractivity contribution >= 4 is 92.1 Å². The molecule has 1 aromatic carbocycles. The van der Waals surface area contributed by atoms with Crippen molar-refractivity contribution < 1.29 is 94.6 Å². The summed E-state index contributed by atoms with van der Waals surface area (Å²) in [5, 5.41) is 59.9. The molecule has 316 valence electrons. The van der Waals surface area contributed by atoms with Gasteiger partial charge in [-0.1, -0.05) is 16.8 Å². The van der Waals surface area contributed by atoms with E-state index in [-0.39, 0.29) is 82.8 Å². The van der Waals surface area contributed by atoms with Crippen LogP contribution in [0.15, 0.2) is 38.9 Å². The zero-order chi connectivity index (χ0) is 42.9. The van der Waals surface area contributed by atoms with Crippen LogP contribution in [0.5, 0.6) is 11.5 Å². The molecule has 2 fully saturated rings. The molecule has 0 radical (unpaired) electrons. The van der Waals surface area contributed by atoms with Gasteiger partial charge >= 0.3 is 41.5 Å². The number of quaternary nitrogens is 1. The van der Waals surface area contributed by atoms with Crippen molar-refractivity contribution in [3.05, 3.63) is 55.4 Å². The number of likely N-dealkylation sites (tertiary alicyclic amines) is 1. The second-order valence-corrected chi connectivity index (χ2v) is 16.3. The maximum atomic E-state index is 13.6. The van der Waals surface area contributed by atoms with Crippen molar-refractivity contribution in [3.63, 3.8) is 0 Å². The Morgan fingerprint density at radius 2 is 1.90 bits per heavy atom. The van der Waals surface area contributed by atoms with E-state index in [9.17, 15) is 54.0 Å². The molecule has 3 aliphatic rings. The number of phenols is 2. The van der Waals surface area contributed by atoms with Gasteiger partial charge in [0.1, 0.15) is 29.2 Å². The van der Waals surface area contributed by atoms with E-state index >= 15 is 0 Å². The molecule has 0 unspecified atom stereocenters. The molecule has 60 heavy (non-hydrogen) atoms. The number of phenolic OH excluding ortho intramolecular Hbond substituents is 2. The number of hydrogen-bond acceptors (Lipinski definition) is 16. The number of carboxylic acid groups (broad SMARTS) is 3. The standard InChI is InChI=1S/C35H37ClN8O13S2.Na.H/c1-2-42-11-16(27(48)22-18(42)9-19(45)28(49)23(22)36)29(50)38-5-8-44(6-3-4-7-44)12-15-13-58-32-25(31(52)43(32)26(15)34(55)56)40-30(51)24(17-14-59-35(37)39-17)41-57-20(33(53)54)10-21(46)47;;/h9,11,14,20,25,32H,2-8,10,12-13H2,1H3,(H8-,37,38,39,40,41,45,46,47,48,49,50,51,53,54,55,56);;/q;+1;-1/t20-,25+,32+;;/m0../s1. The summed E-state index contributed by atoms with van der Waals surface area (Å²) >= 11 is 8.32. The summed E-state index contributed by atoms with van der Waals surface area (Å²) in [5.74, 6) is -8.41. The van der Waals surface area contributed by atoms with Gasteiger partial charge in [0.2, 0.25) is 11.5 Å². The summed E-state index contributed by atoms with van der Waals surface area (Å²) in [5.41, 5.74) is 4.24. The number of carboxylic acids is 3. The van der Waals surface area contributed by atoms with Crippen LogP contribution in [0, 0.1) is 0 Å². The number of nitrogens with zero attached hydrogens (tertiary/aromatic N) is 5. The number of aromatic nitrogens is 2. The number of halogens is 1. The number of amides is 3. The molecule has 3 atom stereocenters. The molecule has 5 heterocycles. The molecule has 2 saturated heterocycles. The van der Waals surface area contributed by atoms with Gasteiger partial charge in [-0.15, -0.1) is 23.1 Å². The average molecular weight is 901 g/mol. The number of anilines is 1. The number of β-lactam (4-membered cyclic amide) rings is 1. The fourth-order valence-electron chi connectivity index (χ4n) is 7.32. The summed E-state index contributed by atoms with van der Waals surface area (Å²) in [7, 11) is 0. The number of rotatable bonds is 16. The number of thioether (sulfide) groups is 1. The van der Waals surface area contributed by atoms with Gasteiger partial charge in [0.25, 0.3) is 17.7 Å². The van der Waals surface area contributed by atoms with E-state index in [0.29, 0.717) is 36.2 Å².